The number of aromatic nitrogens is 1. The molecule has 0 aliphatic carbocycles. The highest BCUT2D eigenvalue weighted by Gasteiger charge is 1.91. The molecule has 0 amide bonds. The van der Waals surface area contributed by atoms with Gasteiger partial charge in [-0.25, -0.2) is 0 Å². The summed E-state index contributed by atoms with van der Waals surface area (Å²) in [4.78, 5) is 4.01. The molecule has 0 fully saturated rings. The molecule has 1 aromatic rings. The Balaban J connectivity index is 2.75. The van der Waals surface area contributed by atoms with Crippen LogP contribution in [0.5, 0.6) is 0 Å². The van der Waals surface area contributed by atoms with Gasteiger partial charge in [-0.3, -0.25) is 4.98 Å². The average molecular weight is 153 g/mol. The molecule has 2 nitrogen and oxygen atoms in total. The molecule has 10 heavy (non-hydrogen) atoms. The van der Waals surface area contributed by atoms with Crippen molar-refractivity contribution in [2.75, 3.05) is 0 Å². The second-order valence-electron chi connectivity index (χ2n) is 1.89. The van der Waals surface area contributed by atoms with Crippen molar-refractivity contribution in [1.29, 1.82) is 0 Å². The molecular weight excluding hydrogens is 145 g/mol. The first-order chi connectivity index (χ1) is 4.83. The molecule has 0 bridgehead atoms. The van der Waals surface area contributed by atoms with Crippen LogP contribution in [0.25, 0.3) is 0 Å². The van der Waals surface area contributed by atoms with Gasteiger partial charge in [0, 0.05) is 15.7 Å². The maximum atomic E-state index is 5.49. The molecule has 0 aliphatic heterocycles. The van der Waals surface area contributed by atoms with Crippen LogP contribution in [0.2, 0.25) is 0 Å². The molecule has 0 aromatic carbocycles. The first-order valence-electron chi connectivity index (χ1n) is 2.85. The zero-order valence-electron chi connectivity index (χ0n) is 5.45. The molecule has 0 N–H and O–H groups in total. The van der Waals surface area contributed by atoms with Crippen LogP contribution >= 0.6 is 9.47 Å². The predicted octanol–water partition coefficient (Wildman–Crippen LogP) is 1.45. The second-order valence-corrected chi connectivity index (χ2v) is 2.22. The van der Waals surface area contributed by atoms with E-state index >= 15 is 0 Å². The summed E-state index contributed by atoms with van der Waals surface area (Å²) in [6.45, 7) is 5.97. The van der Waals surface area contributed by atoms with Gasteiger partial charge in [-0.15, -0.1) is 0 Å². The van der Waals surface area contributed by atoms with Crippen molar-refractivity contribution >= 4 is 9.47 Å². The van der Waals surface area contributed by atoms with Crippen LogP contribution in [-0.4, -0.2) is 4.98 Å². The molecule has 2 radical (unpaired) electrons. The van der Waals surface area contributed by atoms with E-state index in [0.29, 0.717) is 12.2 Å². The van der Waals surface area contributed by atoms with E-state index in [2.05, 4.69) is 14.5 Å². The molecular formula is C7H8NOP. The van der Waals surface area contributed by atoms with Crippen LogP contribution in [0, 0.1) is 6.92 Å². The third kappa shape index (κ3) is 2.05. The first kappa shape index (κ1) is 7.64. The molecule has 1 aromatic heterocycles. The van der Waals surface area contributed by atoms with Crippen molar-refractivity contribution in [2.45, 2.75) is 6.61 Å². The van der Waals surface area contributed by atoms with Crippen molar-refractivity contribution in [3.05, 3.63) is 36.5 Å². The van der Waals surface area contributed by atoms with Gasteiger partial charge >= 0.3 is 0 Å². The van der Waals surface area contributed by atoms with Gasteiger partial charge in [-0.05, 0) is 24.6 Å². The van der Waals surface area contributed by atoms with Crippen LogP contribution in [0.15, 0.2) is 18.3 Å². The number of pyridine rings is 1. The van der Waals surface area contributed by atoms with Crippen LogP contribution in [0.1, 0.15) is 11.3 Å². The van der Waals surface area contributed by atoms with Gasteiger partial charge in [-0.1, -0.05) is 0 Å². The molecule has 0 saturated carbocycles. The van der Waals surface area contributed by atoms with Crippen LogP contribution < -0.4 is 0 Å². The van der Waals surface area contributed by atoms with Crippen molar-refractivity contribution in [3.63, 3.8) is 0 Å². The SMILES string of the molecule is [CH]c1ccnc(COP)c1. The van der Waals surface area contributed by atoms with Crippen molar-refractivity contribution in [2.24, 2.45) is 0 Å². The number of hydrogen-bond donors (Lipinski definition) is 0. The lowest BCUT2D eigenvalue weighted by Crippen LogP contribution is -1.88. The van der Waals surface area contributed by atoms with Gasteiger partial charge in [0.1, 0.15) is 0 Å². The topological polar surface area (TPSA) is 22.1 Å². The van der Waals surface area contributed by atoms with Gasteiger partial charge in [0.25, 0.3) is 0 Å². The van der Waals surface area contributed by atoms with Gasteiger partial charge in [0.2, 0.25) is 0 Å². The largest absolute Gasteiger partial charge is 0.359 e. The number of nitrogens with zero attached hydrogens (tertiary/aromatic N) is 1. The lowest BCUT2D eigenvalue weighted by Gasteiger charge is -1.97. The molecule has 0 spiro atoms. The maximum Gasteiger partial charge on any atom is 0.0923 e. The molecule has 0 aliphatic rings. The molecule has 1 atom stereocenters. The van der Waals surface area contributed by atoms with E-state index < -0.39 is 0 Å². The van der Waals surface area contributed by atoms with Gasteiger partial charge in [-0.2, -0.15) is 0 Å². The normalized spacial score (nSPS) is 9.80. The third-order valence-electron chi connectivity index (χ3n) is 1.07. The summed E-state index contributed by atoms with van der Waals surface area (Å²) in [6.07, 6.45) is 1.66. The summed E-state index contributed by atoms with van der Waals surface area (Å²) in [7, 11) is 2.16. The zero-order valence-corrected chi connectivity index (χ0v) is 6.60. The van der Waals surface area contributed by atoms with Crippen LogP contribution in [-0.2, 0) is 11.1 Å². The smallest absolute Gasteiger partial charge is 0.0923 e. The minimum atomic E-state index is 0.482. The van der Waals surface area contributed by atoms with Crippen molar-refractivity contribution < 1.29 is 4.52 Å². The Morgan fingerprint density at radius 2 is 2.50 bits per heavy atom. The maximum absolute atomic E-state index is 5.49. The molecule has 1 rings (SSSR count). The minimum absolute atomic E-state index is 0.482. The Morgan fingerprint density at radius 1 is 1.70 bits per heavy atom. The van der Waals surface area contributed by atoms with Crippen molar-refractivity contribution in [3.8, 4) is 0 Å². The fraction of sp³-hybridized carbons (Fsp3) is 0.143. The third-order valence-corrected chi connectivity index (χ3v) is 1.24. The lowest BCUT2D eigenvalue weighted by molar-refractivity contribution is 0.355. The Morgan fingerprint density at radius 3 is 3.10 bits per heavy atom. The summed E-state index contributed by atoms with van der Waals surface area (Å²) < 4.78 is 4.78. The van der Waals surface area contributed by atoms with E-state index in [1.54, 1.807) is 18.3 Å². The summed E-state index contributed by atoms with van der Waals surface area (Å²) in [5.74, 6) is 0. The molecule has 1 unspecified atom stereocenters. The van der Waals surface area contributed by atoms with Crippen molar-refractivity contribution in [1.82, 2.24) is 4.98 Å². The Hall–Kier alpha value is -0.460. The monoisotopic (exact) mass is 153 g/mol. The summed E-state index contributed by atoms with van der Waals surface area (Å²) in [6, 6.07) is 3.52. The van der Waals surface area contributed by atoms with Crippen LogP contribution in [0.3, 0.4) is 0 Å². The highest BCUT2D eigenvalue weighted by atomic mass is 31.0. The fourth-order valence-corrected chi connectivity index (χ4v) is 0.832. The summed E-state index contributed by atoms with van der Waals surface area (Å²) in [5.41, 5.74) is 1.56. The summed E-state index contributed by atoms with van der Waals surface area (Å²) >= 11 is 0. The Labute approximate surface area is 62.9 Å². The Kier molecular flexibility index (Phi) is 2.79. The minimum Gasteiger partial charge on any atom is -0.359 e. The first-order valence-corrected chi connectivity index (χ1v) is 3.32. The molecule has 3 heteroatoms. The van der Waals surface area contributed by atoms with E-state index in [9.17, 15) is 0 Å². The second kappa shape index (κ2) is 3.65. The van der Waals surface area contributed by atoms with Gasteiger partial charge < -0.3 is 4.52 Å². The standard InChI is InChI=1S/C7H8NOP/c1-6-2-3-8-7(4-6)5-9-10/h1-4H,5,10H2. The fourth-order valence-electron chi connectivity index (χ4n) is 0.661. The van der Waals surface area contributed by atoms with E-state index in [-0.39, 0.29) is 0 Å². The molecule has 0 saturated heterocycles. The van der Waals surface area contributed by atoms with Gasteiger partial charge in [0.15, 0.2) is 0 Å². The van der Waals surface area contributed by atoms with Crippen LogP contribution in [0.4, 0.5) is 0 Å². The predicted molar refractivity (Wildman–Crippen MR) is 42.1 cm³/mol. The van der Waals surface area contributed by atoms with E-state index in [4.69, 9.17) is 11.4 Å². The number of hydrogen-bond acceptors (Lipinski definition) is 2. The number of rotatable bonds is 2. The van der Waals surface area contributed by atoms with Gasteiger partial charge in [0.05, 0.1) is 12.3 Å². The summed E-state index contributed by atoms with van der Waals surface area (Å²) in [5, 5.41) is 0. The molecule has 52 valence electrons. The van der Waals surface area contributed by atoms with E-state index in [1.165, 1.54) is 0 Å². The zero-order chi connectivity index (χ0) is 7.40. The van der Waals surface area contributed by atoms with E-state index in [1.807, 2.05) is 0 Å². The van der Waals surface area contributed by atoms with E-state index in [0.717, 1.165) is 5.69 Å². The average Bonchev–Trinajstić information content (AvgIpc) is 1.88. The highest BCUT2D eigenvalue weighted by Crippen LogP contribution is 2.02. The quantitative estimate of drug-likeness (QED) is 0.600. The molecule has 1 heterocycles. The highest BCUT2D eigenvalue weighted by molar-refractivity contribution is 7.09. The lowest BCUT2D eigenvalue weighted by atomic mass is 10.2. The Bertz CT molecular complexity index is 215.